The van der Waals surface area contributed by atoms with E-state index in [-0.39, 0.29) is 6.61 Å². The predicted molar refractivity (Wildman–Crippen MR) is 68.9 cm³/mol. The molecule has 84 valence electrons. The number of rotatable bonds is 5. The van der Waals surface area contributed by atoms with Gasteiger partial charge in [0.05, 0.1) is 10.0 Å². The predicted octanol–water partition coefficient (Wildman–Crippen LogP) is 3.86. The largest absolute Gasteiger partial charge is 0.396 e. The first kappa shape index (κ1) is 13.2. The number of benzene rings is 1. The minimum absolute atomic E-state index is 0.244. The van der Waals surface area contributed by atoms with Gasteiger partial charge in [-0.05, 0) is 29.4 Å². The van der Waals surface area contributed by atoms with Crippen molar-refractivity contribution in [3.8, 4) is 0 Å². The zero-order valence-corrected chi connectivity index (χ0v) is 10.9. The molecule has 1 atom stereocenters. The van der Waals surface area contributed by atoms with Crippen LogP contribution < -0.4 is 0 Å². The van der Waals surface area contributed by atoms with Gasteiger partial charge in [-0.1, -0.05) is 36.2 Å². The summed E-state index contributed by atoms with van der Waals surface area (Å²) in [7, 11) is 0. The summed E-state index contributed by atoms with van der Waals surface area (Å²) < 4.78 is 0. The maximum Gasteiger partial charge on any atom is 0.0595 e. The SMILES string of the molecule is CC(CO)CSCc1ccc(Cl)c(Cl)c1. The summed E-state index contributed by atoms with van der Waals surface area (Å²) in [6.45, 7) is 2.27. The van der Waals surface area contributed by atoms with Crippen molar-refractivity contribution in [2.24, 2.45) is 5.92 Å². The fourth-order valence-corrected chi connectivity index (χ4v) is 2.42. The number of aliphatic hydroxyl groups excluding tert-OH is 1. The molecule has 0 aromatic heterocycles. The third kappa shape index (κ3) is 4.64. The molecule has 0 radical (unpaired) electrons. The van der Waals surface area contributed by atoms with Crippen LogP contribution in [-0.4, -0.2) is 17.5 Å². The highest BCUT2D eigenvalue weighted by atomic mass is 35.5. The highest BCUT2D eigenvalue weighted by Gasteiger charge is 2.02. The van der Waals surface area contributed by atoms with Crippen molar-refractivity contribution in [1.82, 2.24) is 0 Å². The fourth-order valence-electron chi connectivity index (χ4n) is 1.06. The van der Waals surface area contributed by atoms with E-state index < -0.39 is 0 Å². The van der Waals surface area contributed by atoms with Crippen LogP contribution in [0, 0.1) is 5.92 Å². The van der Waals surface area contributed by atoms with Crippen LogP contribution in [0.2, 0.25) is 10.0 Å². The molecule has 1 N–H and O–H groups in total. The van der Waals surface area contributed by atoms with Crippen LogP contribution in [-0.2, 0) is 5.75 Å². The zero-order valence-electron chi connectivity index (χ0n) is 8.54. The van der Waals surface area contributed by atoms with Crippen molar-refractivity contribution in [1.29, 1.82) is 0 Å². The second kappa shape index (κ2) is 6.64. The summed E-state index contributed by atoms with van der Waals surface area (Å²) in [6, 6.07) is 5.68. The van der Waals surface area contributed by atoms with E-state index in [1.54, 1.807) is 11.8 Å². The van der Waals surface area contributed by atoms with Crippen molar-refractivity contribution >= 4 is 35.0 Å². The second-order valence-electron chi connectivity index (χ2n) is 3.55. The van der Waals surface area contributed by atoms with Gasteiger partial charge in [0.2, 0.25) is 0 Å². The highest BCUT2D eigenvalue weighted by molar-refractivity contribution is 7.98. The maximum atomic E-state index is 8.86. The van der Waals surface area contributed by atoms with Gasteiger partial charge in [-0.25, -0.2) is 0 Å². The van der Waals surface area contributed by atoms with E-state index in [0.29, 0.717) is 16.0 Å². The average molecular weight is 265 g/mol. The van der Waals surface area contributed by atoms with Crippen LogP contribution in [0.25, 0.3) is 0 Å². The Morgan fingerprint density at radius 2 is 2.07 bits per heavy atom. The van der Waals surface area contributed by atoms with Crippen LogP contribution in [0.3, 0.4) is 0 Å². The zero-order chi connectivity index (χ0) is 11.3. The Balaban J connectivity index is 2.41. The van der Waals surface area contributed by atoms with E-state index in [4.69, 9.17) is 28.3 Å². The highest BCUT2D eigenvalue weighted by Crippen LogP contribution is 2.25. The standard InChI is InChI=1S/C11H14Cl2OS/c1-8(5-14)6-15-7-9-2-3-10(12)11(13)4-9/h2-4,8,14H,5-7H2,1H3. The molecule has 15 heavy (non-hydrogen) atoms. The van der Waals surface area contributed by atoms with Crippen LogP contribution in [0.4, 0.5) is 0 Å². The minimum Gasteiger partial charge on any atom is -0.396 e. The summed E-state index contributed by atoms with van der Waals surface area (Å²) in [5, 5.41) is 10.1. The van der Waals surface area contributed by atoms with E-state index in [0.717, 1.165) is 11.5 Å². The Morgan fingerprint density at radius 3 is 2.67 bits per heavy atom. The van der Waals surface area contributed by atoms with Gasteiger partial charge in [-0.15, -0.1) is 0 Å². The number of hydrogen-bond acceptors (Lipinski definition) is 2. The molecule has 1 aromatic carbocycles. The smallest absolute Gasteiger partial charge is 0.0595 e. The van der Waals surface area contributed by atoms with Crippen LogP contribution >= 0.6 is 35.0 Å². The van der Waals surface area contributed by atoms with Gasteiger partial charge in [0.15, 0.2) is 0 Å². The van der Waals surface area contributed by atoms with Crippen molar-refractivity contribution in [3.05, 3.63) is 33.8 Å². The molecule has 1 unspecified atom stereocenters. The van der Waals surface area contributed by atoms with Crippen molar-refractivity contribution in [2.45, 2.75) is 12.7 Å². The van der Waals surface area contributed by atoms with E-state index >= 15 is 0 Å². The number of aliphatic hydroxyl groups is 1. The molecule has 4 heteroatoms. The molecule has 0 amide bonds. The third-order valence-electron chi connectivity index (χ3n) is 1.97. The van der Waals surface area contributed by atoms with Gasteiger partial charge in [0.1, 0.15) is 0 Å². The fraction of sp³-hybridized carbons (Fsp3) is 0.455. The lowest BCUT2D eigenvalue weighted by molar-refractivity contribution is 0.250. The molecule has 0 saturated heterocycles. The van der Waals surface area contributed by atoms with Crippen LogP contribution in [0.15, 0.2) is 18.2 Å². The average Bonchev–Trinajstić information content (AvgIpc) is 2.23. The molecule has 0 bridgehead atoms. The summed E-state index contributed by atoms with van der Waals surface area (Å²) in [5.74, 6) is 2.20. The topological polar surface area (TPSA) is 20.2 Å². The Labute approximate surface area is 105 Å². The maximum absolute atomic E-state index is 8.86. The molecule has 0 aliphatic rings. The molecule has 0 aliphatic heterocycles. The van der Waals surface area contributed by atoms with E-state index in [2.05, 4.69) is 0 Å². The molecule has 0 heterocycles. The third-order valence-corrected chi connectivity index (χ3v) is 4.05. The lowest BCUT2D eigenvalue weighted by atomic mass is 10.2. The van der Waals surface area contributed by atoms with Crippen molar-refractivity contribution in [3.63, 3.8) is 0 Å². The van der Waals surface area contributed by atoms with Gasteiger partial charge in [-0.3, -0.25) is 0 Å². The first-order valence-corrected chi connectivity index (χ1v) is 6.67. The minimum atomic E-state index is 0.244. The number of hydrogen-bond donors (Lipinski definition) is 1. The van der Waals surface area contributed by atoms with E-state index in [1.807, 2.05) is 25.1 Å². The molecule has 1 rings (SSSR count). The first-order valence-electron chi connectivity index (χ1n) is 4.76. The Bertz CT molecular complexity index is 317. The quantitative estimate of drug-likeness (QED) is 0.872. The summed E-state index contributed by atoms with van der Waals surface area (Å²) in [6.07, 6.45) is 0. The summed E-state index contributed by atoms with van der Waals surface area (Å²) >= 11 is 13.5. The molecular formula is C11H14Cl2OS. The van der Waals surface area contributed by atoms with Crippen molar-refractivity contribution < 1.29 is 5.11 Å². The van der Waals surface area contributed by atoms with Gasteiger partial charge in [0, 0.05) is 12.4 Å². The molecule has 1 nitrogen and oxygen atoms in total. The summed E-state index contributed by atoms with van der Waals surface area (Å²) in [4.78, 5) is 0. The molecule has 0 spiro atoms. The molecule has 0 aliphatic carbocycles. The normalized spacial score (nSPS) is 12.8. The first-order chi connectivity index (χ1) is 7.13. The molecule has 0 fully saturated rings. The molecular weight excluding hydrogens is 251 g/mol. The van der Waals surface area contributed by atoms with Gasteiger partial charge in [0.25, 0.3) is 0 Å². The monoisotopic (exact) mass is 264 g/mol. The molecule has 1 aromatic rings. The number of thioether (sulfide) groups is 1. The summed E-state index contributed by atoms with van der Waals surface area (Å²) in [5.41, 5.74) is 1.17. The van der Waals surface area contributed by atoms with E-state index in [1.165, 1.54) is 5.56 Å². The Hall–Kier alpha value is 0.110. The second-order valence-corrected chi connectivity index (χ2v) is 5.40. The van der Waals surface area contributed by atoms with Crippen molar-refractivity contribution in [2.75, 3.05) is 12.4 Å². The van der Waals surface area contributed by atoms with Gasteiger partial charge >= 0.3 is 0 Å². The Kier molecular flexibility index (Phi) is 5.83. The van der Waals surface area contributed by atoms with Crippen LogP contribution in [0.1, 0.15) is 12.5 Å². The Morgan fingerprint density at radius 1 is 1.33 bits per heavy atom. The van der Waals surface area contributed by atoms with Gasteiger partial charge in [-0.2, -0.15) is 11.8 Å². The van der Waals surface area contributed by atoms with E-state index in [9.17, 15) is 0 Å². The number of halogens is 2. The van der Waals surface area contributed by atoms with Crippen LogP contribution in [0.5, 0.6) is 0 Å². The van der Waals surface area contributed by atoms with Gasteiger partial charge < -0.3 is 5.11 Å². The molecule has 0 saturated carbocycles. The lowest BCUT2D eigenvalue weighted by Gasteiger charge is -2.07. The lowest BCUT2D eigenvalue weighted by Crippen LogP contribution is -2.03.